The maximum Gasteiger partial charge on any atom is 0.0701 e. The van der Waals surface area contributed by atoms with Gasteiger partial charge in [0.2, 0.25) is 0 Å². The summed E-state index contributed by atoms with van der Waals surface area (Å²) in [6, 6.07) is 2.16. The molecule has 1 aromatic rings. The van der Waals surface area contributed by atoms with Gasteiger partial charge in [-0.1, -0.05) is 0 Å². The molecular weight excluding hydrogens is 302 g/mol. The molecule has 0 bridgehead atoms. The normalized spacial score (nSPS) is 10.9. The summed E-state index contributed by atoms with van der Waals surface area (Å²) in [5, 5.41) is 5.59. The summed E-state index contributed by atoms with van der Waals surface area (Å²) in [6.07, 6.45) is 2.25. The maximum atomic E-state index is 5.38. The van der Waals surface area contributed by atoms with E-state index in [2.05, 4.69) is 32.7 Å². The van der Waals surface area contributed by atoms with Crippen LogP contribution in [0, 0.1) is 0 Å². The molecule has 0 aliphatic heterocycles. The Labute approximate surface area is 116 Å². The minimum absolute atomic E-state index is 0.686. The van der Waals surface area contributed by atoms with Crippen LogP contribution in [0.15, 0.2) is 15.2 Å². The van der Waals surface area contributed by atoms with Crippen molar-refractivity contribution in [1.82, 2.24) is 5.32 Å². The number of methoxy groups -OCH3 is 1. The molecule has 0 unspecified atom stereocenters. The van der Waals surface area contributed by atoms with Crippen LogP contribution < -0.4 is 5.32 Å². The highest BCUT2D eigenvalue weighted by Gasteiger charge is 1.96. The van der Waals surface area contributed by atoms with Crippen LogP contribution in [-0.4, -0.2) is 33.5 Å². The van der Waals surface area contributed by atoms with E-state index in [1.807, 2.05) is 0 Å². The zero-order valence-corrected chi connectivity index (χ0v) is 12.6. The Morgan fingerprint density at radius 3 is 2.88 bits per heavy atom. The lowest BCUT2D eigenvalue weighted by atomic mass is 10.3. The summed E-state index contributed by atoms with van der Waals surface area (Å²) >= 11 is 5.19. The molecular formula is C12H20BrNO2S. The number of halogens is 1. The van der Waals surface area contributed by atoms with Crippen LogP contribution >= 0.6 is 27.3 Å². The van der Waals surface area contributed by atoms with Crippen LogP contribution in [0.4, 0.5) is 0 Å². The summed E-state index contributed by atoms with van der Waals surface area (Å²) in [5.41, 5.74) is 1.35. The van der Waals surface area contributed by atoms with Gasteiger partial charge in [0, 0.05) is 20.3 Å². The highest BCUT2D eigenvalue weighted by molar-refractivity contribution is 9.11. The third kappa shape index (κ3) is 7.89. The van der Waals surface area contributed by atoms with Crippen LogP contribution in [0.25, 0.3) is 0 Å². The van der Waals surface area contributed by atoms with E-state index in [9.17, 15) is 0 Å². The minimum Gasteiger partial charge on any atom is -0.382 e. The lowest BCUT2D eigenvalue weighted by molar-refractivity contribution is 0.0688. The maximum absolute atomic E-state index is 5.38. The lowest BCUT2D eigenvalue weighted by Crippen LogP contribution is -2.15. The van der Waals surface area contributed by atoms with Gasteiger partial charge in [-0.05, 0) is 52.3 Å². The molecule has 5 heteroatoms. The van der Waals surface area contributed by atoms with Gasteiger partial charge in [0.05, 0.1) is 17.0 Å². The summed E-state index contributed by atoms with van der Waals surface area (Å²) in [7, 11) is 1.69. The molecule has 0 aliphatic rings. The van der Waals surface area contributed by atoms with Crippen molar-refractivity contribution in [1.29, 1.82) is 0 Å². The van der Waals surface area contributed by atoms with Gasteiger partial charge < -0.3 is 14.8 Å². The lowest BCUT2D eigenvalue weighted by Gasteiger charge is -2.04. The molecule has 0 aromatic carbocycles. The molecule has 17 heavy (non-hydrogen) atoms. The molecule has 0 fully saturated rings. The fourth-order valence-electron chi connectivity index (χ4n) is 1.37. The van der Waals surface area contributed by atoms with Gasteiger partial charge in [-0.25, -0.2) is 0 Å². The molecule has 0 spiro atoms. The molecule has 1 rings (SSSR count). The van der Waals surface area contributed by atoms with Crippen molar-refractivity contribution < 1.29 is 9.47 Å². The van der Waals surface area contributed by atoms with E-state index in [0.29, 0.717) is 13.2 Å². The summed E-state index contributed by atoms with van der Waals surface area (Å²) in [4.78, 5) is 0. The summed E-state index contributed by atoms with van der Waals surface area (Å²) < 4.78 is 11.5. The third-order valence-electron chi connectivity index (χ3n) is 2.27. The van der Waals surface area contributed by atoms with Gasteiger partial charge >= 0.3 is 0 Å². The third-order valence-corrected chi connectivity index (χ3v) is 3.83. The van der Waals surface area contributed by atoms with Crippen molar-refractivity contribution >= 4 is 27.3 Å². The first-order valence-corrected chi connectivity index (χ1v) is 7.50. The zero-order valence-electron chi connectivity index (χ0n) is 10.2. The number of nitrogens with one attached hydrogen (secondary N) is 1. The number of unbranched alkanes of at least 4 members (excludes halogenated alkanes) is 1. The molecule has 1 N–H and O–H groups in total. The van der Waals surface area contributed by atoms with Crippen LogP contribution in [0.5, 0.6) is 0 Å². The molecule has 0 saturated carbocycles. The van der Waals surface area contributed by atoms with Gasteiger partial charge in [-0.15, -0.1) is 11.3 Å². The standard InChI is InChI=1S/C12H20BrNO2S/c1-15-6-7-16-5-3-2-4-14-9-11-8-12(13)17-10-11/h8,10,14H,2-7,9H2,1H3. The van der Waals surface area contributed by atoms with E-state index in [4.69, 9.17) is 9.47 Å². The number of ether oxygens (including phenoxy) is 2. The first-order valence-electron chi connectivity index (χ1n) is 5.83. The molecule has 0 saturated heterocycles. The first kappa shape index (κ1) is 15.1. The van der Waals surface area contributed by atoms with Gasteiger partial charge in [0.25, 0.3) is 0 Å². The van der Waals surface area contributed by atoms with Crippen molar-refractivity contribution in [2.75, 3.05) is 33.5 Å². The average molecular weight is 322 g/mol. The number of thiophene rings is 1. The van der Waals surface area contributed by atoms with Gasteiger partial charge in [0.15, 0.2) is 0 Å². The molecule has 0 aliphatic carbocycles. The van der Waals surface area contributed by atoms with Crippen molar-refractivity contribution in [3.63, 3.8) is 0 Å². The quantitative estimate of drug-likeness (QED) is 0.672. The zero-order chi connectivity index (χ0) is 12.3. The Morgan fingerprint density at radius 1 is 1.29 bits per heavy atom. The van der Waals surface area contributed by atoms with Crippen LogP contribution in [0.1, 0.15) is 18.4 Å². The van der Waals surface area contributed by atoms with Crippen molar-refractivity contribution in [2.45, 2.75) is 19.4 Å². The molecule has 0 radical (unpaired) electrons. The smallest absolute Gasteiger partial charge is 0.0701 e. The van der Waals surface area contributed by atoms with E-state index in [-0.39, 0.29) is 0 Å². The number of hydrogen-bond donors (Lipinski definition) is 1. The summed E-state index contributed by atoms with van der Waals surface area (Å²) in [6.45, 7) is 4.21. The Balaban J connectivity index is 1.84. The largest absolute Gasteiger partial charge is 0.382 e. The predicted octanol–water partition coefficient (Wildman–Crippen LogP) is 3.04. The van der Waals surface area contributed by atoms with Gasteiger partial charge in [-0.2, -0.15) is 0 Å². The van der Waals surface area contributed by atoms with E-state index in [1.165, 1.54) is 9.35 Å². The molecule has 0 atom stereocenters. The SMILES string of the molecule is COCCOCCCCNCc1csc(Br)c1. The second-order valence-electron chi connectivity index (χ2n) is 3.75. The van der Waals surface area contributed by atoms with E-state index in [1.54, 1.807) is 18.4 Å². The topological polar surface area (TPSA) is 30.5 Å². The van der Waals surface area contributed by atoms with Crippen LogP contribution in [0.2, 0.25) is 0 Å². The minimum atomic E-state index is 0.686. The first-order chi connectivity index (χ1) is 8.33. The molecule has 0 amide bonds. The average Bonchev–Trinajstić information content (AvgIpc) is 2.73. The highest BCUT2D eigenvalue weighted by atomic mass is 79.9. The molecule has 1 aromatic heterocycles. The second kappa shape index (κ2) is 10.0. The molecule has 3 nitrogen and oxygen atoms in total. The van der Waals surface area contributed by atoms with Crippen molar-refractivity contribution in [3.8, 4) is 0 Å². The van der Waals surface area contributed by atoms with Crippen molar-refractivity contribution in [2.24, 2.45) is 0 Å². The van der Waals surface area contributed by atoms with Crippen LogP contribution in [0.3, 0.4) is 0 Å². The van der Waals surface area contributed by atoms with Crippen molar-refractivity contribution in [3.05, 3.63) is 20.8 Å². The monoisotopic (exact) mass is 321 g/mol. The fourth-order valence-corrected chi connectivity index (χ4v) is 2.58. The predicted molar refractivity (Wildman–Crippen MR) is 75.7 cm³/mol. The molecule has 1 heterocycles. The fraction of sp³-hybridized carbons (Fsp3) is 0.667. The molecule has 98 valence electrons. The summed E-state index contributed by atoms with van der Waals surface area (Å²) in [5.74, 6) is 0. The Morgan fingerprint density at radius 2 is 2.18 bits per heavy atom. The van der Waals surface area contributed by atoms with Crippen LogP contribution in [-0.2, 0) is 16.0 Å². The van der Waals surface area contributed by atoms with Gasteiger partial charge in [-0.3, -0.25) is 0 Å². The van der Waals surface area contributed by atoms with Gasteiger partial charge in [0.1, 0.15) is 0 Å². The number of hydrogen-bond acceptors (Lipinski definition) is 4. The van der Waals surface area contributed by atoms with E-state index in [0.717, 1.165) is 32.5 Å². The van der Waals surface area contributed by atoms with E-state index >= 15 is 0 Å². The number of rotatable bonds is 10. The van der Waals surface area contributed by atoms with E-state index < -0.39 is 0 Å². The highest BCUT2D eigenvalue weighted by Crippen LogP contribution is 2.20. The Hall–Kier alpha value is 0.0600. The Bertz CT molecular complexity index is 294. The Kier molecular flexibility index (Phi) is 8.92. The second-order valence-corrected chi connectivity index (χ2v) is 6.04.